The summed E-state index contributed by atoms with van der Waals surface area (Å²) < 4.78 is 12.2. The monoisotopic (exact) mass is 729 g/mol. The van der Waals surface area contributed by atoms with Crippen molar-refractivity contribution in [1.82, 2.24) is 20.1 Å². The number of aliphatic hydroxyl groups is 1. The Kier molecular flexibility index (Phi) is 14.6. The highest BCUT2D eigenvalue weighted by molar-refractivity contribution is 5.81. The molecule has 2 aliphatic heterocycles. The highest BCUT2D eigenvalue weighted by Crippen LogP contribution is 2.35. The topological polar surface area (TPSA) is 166 Å². The minimum atomic E-state index is -0.885. The van der Waals surface area contributed by atoms with Crippen molar-refractivity contribution in [3.05, 3.63) is 83.1 Å². The van der Waals surface area contributed by atoms with Gasteiger partial charge in [-0.2, -0.15) is 0 Å². The number of aromatic nitrogens is 1. The second kappa shape index (κ2) is 19.5. The molecule has 3 aromatic rings. The molecule has 0 radical (unpaired) electrons. The van der Waals surface area contributed by atoms with E-state index in [0.29, 0.717) is 68.1 Å². The normalized spacial score (nSPS) is 16.5. The minimum Gasteiger partial charge on any atom is -0.506 e. The maximum absolute atomic E-state index is 12.7. The molecule has 1 unspecified atom stereocenters. The molecule has 3 heterocycles. The number of morpholine rings is 1. The van der Waals surface area contributed by atoms with Gasteiger partial charge in [0.1, 0.15) is 12.0 Å². The van der Waals surface area contributed by atoms with E-state index in [2.05, 4.69) is 49.7 Å². The number of ether oxygens (including phenoxy) is 2. The van der Waals surface area contributed by atoms with E-state index in [0.717, 1.165) is 57.8 Å². The molecule has 2 aliphatic rings. The van der Waals surface area contributed by atoms with E-state index in [1.54, 1.807) is 37.3 Å². The third-order valence-corrected chi connectivity index (χ3v) is 10.1. The standard InChI is InChI=1S/C40H55N7O6/c1-42-38-33(8-5-22-48)32(10-11-35(38)49)36(50)27-43-17-20-45(2)37(51)13-24-52-23-12-30-6-3-7-31(26-30)28-46-18-14-40(15-19-46)29-47(21-25-53-40)39-34(41)9-4-16-44-39/h3-11,16,22,26,36,42-43,49-50H,12-15,17-21,23-25,27-29,41H2,1-2H3/b8-5-. The Bertz CT molecular complexity index is 1680. The summed E-state index contributed by atoms with van der Waals surface area (Å²) in [5.74, 6) is 0.867. The number of rotatable bonds is 18. The van der Waals surface area contributed by atoms with E-state index >= 15 is 0 Å². The molecule has 6 N–H and O–H groups in total. The molecule has 286 valence electrons. The SMILES string of the molecule is CNc1c(O)ccc(C(O)CNCCN(C)C(=O)CCOCCc2cccc(CN3CCC4(CC3)CN(c3ncccc3N)CCO4)c2)c1/C=C\C=O. The average molecular weight is 730 g/mol. The van der Waals surface area contributed by atoms with Crippen molar-refractivity contribution < 1.29 is 29.3 Å². The zero-order valence-electron chi connectivity index (χ0n) is 31.0. The highest BCUT2D eigenvalue weighted by Gasteiger charge is 2.40. The first-order chi connectivity index (χ1) is 25.7. The largest absolute Gasteiger partial charge is 0.506 e. The summed E-state index contributed by atoms with van der Waals surface area (Å²) in [4.78, 5) is 34.5. The molecule has 13 heteroatoms. The molecule has 2 fully saturated rings. The van der Waals surface area contributed by atoms with E-state index in [1.807, 2.05) is 12.1 Å². The number of nitrogens with one attached hydrogen (secondary N) is 2. The van der Waals surface area contributed by atoms with Crippen molar-refractivity contribution in [3.8, 4) is 5.75 Å². The van der Waals surface area contributed by atoms with E-state index in [1.165, 1.54) is 23.3 Å². The lowest BCUT2D eigenvalue weighted by molar-refractivity contribution is -0.131. The van der Waals surface area contributed by atoms with E-state index in [-0.39, 0.29) is 23.8 Å². The third kappa shape index (κ3) is 11.0. The number of hydrogen-bond donors (Lipinski definition) is 5. The van der Waals surface area contributed by atoms with Crippen LogP contribution >= 0.6 is 0 Å². The number of aliphatic hydroxyl groups excluding tert-OH is 1. The number of nitrogen functional groups attached to an aromatic ring is 1. The van der Waals surface area contributed by atoms with Gasteiger partial charge in [-0.15, -0.1) is 0 Å². The summed E-state index contributed by atoms with van der Waals surface area (Å²) in [7, 11) is 3.41. The summed E-state index contributed by atoms with van der Waals surface area (Å²) in [6.07, 6.45) is 7.43. The summed E-state index contributed by atoms with van der Waals surface area (Å²) in [5.41, 5.74) is 10.8. The van der Waals surface area contributed by atoms with Crippen molar-refractivity contribution in [2.24, 2.45) is 0 Å². The zero-order valence-corrected chi connectivity index (χ0v) is 31.0. The number of carbonyl (C=O) groups excluding carboxylic acids is 2. The number of pyridine rings is 1. The fraction of sp³-hybridized carbons (Fsp3) is 0.475. The van der Waals surface area contributed by atoms with Crippen LogP contribution in [-0.2, 0) is 32.0 Å². The zero-order chi connectivity index (χ0) is 37.6. The van der Waals surface area contributed by atoms with Crippen LogP contribution in [0.4, 0.5) is 17.2 Å². The molecular formula is C40H55N7O6. The van der Waals surface area contributed by atoms with Crippen LogP contribution in [0.3, 0.4) is 0 Å². The third-order valence-electron chi connectivity index (χ3n) is 10.1. The Hall–Kier alpha value is -4.53. The number of hydrogen-bond acceptors (Lipinski definition) is 12. The smallest absolute Gasteiger partial charge is 0.224 e. The maximum Gasteiger partial charge on any atom is 0.224 e. The first kappa shape index (κ1) is 39.7. The molecule has 53 heavy (non-hydrogen) atoms. The lowest BCUT2D eigenvalue weighted by atomic mass is 9.89. The number of phenolic OH excluding ortho intramolecular Hbond substituents is 1. The van der Waals surface area contributed by atoms with Gasteiger partial charge in [0, 0.05) is 78.2 Å². The van der Waals surface area contributed by atoms with Gasteiger partial charge < -0.3 is 45.9 Å². The van der Waals surface area contributed by atoms with Crippen LogP contribution in [0.5, 0.6) is 5.75 Å². The number of phenols is 1. The van der Waals surface area contributed by atoms with Gasteiger partial charge in [0.15, 0.2) is 5.82 Å². The van der Waals surface area contributed by atoms with Crippen molar-refractivity contribution >= 4 is 35.5 Å². The summed E-state index contributed by atoms with van der Waals surface area (Å²) in [6, 6.07) is 15.6. The van der Waals surface area contributed by atoms with Gasteiger partial charge in [0.25, 0.3) is 0 Å². The summed E-state index contributed by atoms with van der Waals surface area (Å²) in [6.45, 7) is 7.21. The number of likely N-dealkylation sites (tertiary alicyclic amines) is 1. The predicted molar refractivity (Wildman–Crippen MR) is 208 cm³/mol. The van der Waals surface area contributed by atoms with Gasteiger partial charge in [-0.3, -0.25) is 14.5 Å². The van der Waals surface area contributed by atoms with Crippen LogP contribution in [0, 0.1) is 0 Å². The molecule has 0 saturated carbocycles. The number of aromatic hydroxyl groups is 1. The van der Waals surface area contributed by atoms with Gasteiger partial charge in [0.05, 0.1) is 49.3 Å². The summed E-state index contributed by atoms with van der Waals surface area (Å²) in [5, 5.41) is 27.1. The van der Waals surface area contributed by atoms with Gasteiger partial charge in [-0.1, -0.05) is 30.3 Å². The Labute approximate surface area is 312 Å². The fourth-order valence-corrected chi connectivity index (χ4v) is 7.12. The molecule has 1 atom stereocenters. The molecule has 2 aromatic carbocycles. The quantitative estimate of drug-likeness (QED) is 0.0563. The predicted octanol–water partition coefficient (Wildman–Crippen LogP) is 3.23. The Morgan fingerprint density at radius 1 is 1.15 bits per heavy atom. The lowest BCUT2D eigenvalue weighted by Gasteiger charge is -2.47. The molecule has 5 rings (SSSR count). The molecule has 0 bridgehead atoms. The molecule has 13 nitrogen and oxygen atoms in total. The van der Waals surface area contributed by atoms with Crippen LogP contribution < -0.4 is 21.3 Å². The summed E-state index contributed by atoms with van der Waals surface area (Å²) >= 11 is 0. The second-order valence-corrected chi connectivity index (χ2v) is 13.8. The number of carbonyl (C=O) groups is 2. The van der Waals surface area contributed by atoms with E-state index in [9.17, 15) is 19.8 Å². The molecule has 0 aliphatic carbocycles. The first-order valence-electron chi connectivity index (χ1n) is 18.5. The Morgan fingerprint density at radius 3 is 2.74 bits per heavy atom. The number of likely N-dealkylation sites (N-methyl/N-ethyl adjacent to an activating group) is 1. The molecule has 1 aromatic heterocycles. The van der Waals surface area contributed by atoms with Crippen LogP contribution in [0.25, 0.3) is 6.08 Å². The minimum absolute atomic E-state index is 0.0108. The molecule has 1 amide bonds. The number of benzene rings is 2. The Morgan fingerprint density at radius 2 is 1.96 bits per heavy atom. The highest BCUT2D eigenvalue weighted by atomic mass is 16.5. The van der Waals surface area contributed by atoms with E-state index < -0.39 is 6.10 Å². The van der Waals surface area contributed by atoms with Crippen LogP contribution in [0.15, 0.2) is 60.8 Å². The molecular weight excluding hydrogens is 674 g/mol. The Balaban J connectivity index is 0.964. The average Bonchev–Trinajstić information content (AvgIpc) is 3.16. The lowest BCUT2D eigenvalue weighted by Crippen LogP contribution is -2.57. The number of anilines is 3. The number of nitrogens with zero attached hydrogens (tertiary/aromatic N) is 4. The van der Waals surface area contributed by atoms with Gasteiger partial charge >= 0.3 is 0 Å². The van der Waals surface area contributed by atoms with Gasteiger partial charge in [-0.25, -0.2) is 4.98 Å². The number of nitrogens with two attached hydrogens (primary N) is 1. The van der Waals surface area contributed by atoms with E-state index in [4.69, 9.17) is 15.2 Å². The molecule has 1 spiro atoms. The molecule has 2 saturated heterocycles. The van der Waals surface area contributed by atoms with Crippen molar-refractivity contribution in [3.63, 3.8) is 0 Å². The fourth-order valence-electron chi connectivity index (χ4n) is 7.12. The number of allylic oxidation sites excluding steroid dienone is 1. The number of aldehydes is 1. The van der Waals surface area contributed by atoms with Crippen molar-refractivity contribution in [2.45, 2.75) is 43.9 Å². The van der Waals surface area contributed by atoms with Crippen LogP contribution in [-0.4, -0.2) is 123 Å². The second-order valence-electron chi connectivity index (χ2n) is 13.8. The van der Waals surface area contributed by atoms with Gasteiger partial charge in [-0.05, 0) is 66.3 Å². The number of piperidine rings is 1. The van der Waals surface area contributed by atoms with Crippen molar-refractivity contribution in [1.29, 1.82) is 0 Å². The number of amides is 1. The van der Waals surface area contributed by atoms with Gasteiger partial charge in [0.2, 0.25) is 5.91 Å². The van der Waals surface area contributed by atoms with Crippen molar-refractivity contribution in [2.75, 3.05) is 95.7 Å². The van der Waals surface area contributed by atoms with Crippen LogP contribution in [0.2, 0.25) is 0 Å². The van der Waals surface area contributed by atoms with Crippen LogP contribution in [0.1, 0.15) is 47.6 Å². The first-order valence-corrected chi connectivity index (χ1v) is 18.5. The maximum atomic E-state index is 12.7.